The second-order valence-electron chi connectivity index (χ2n) is 5.45. The summed E-state index contributed by atoms with van der Waals surface area (Å²) in [4.78, 5) is 24.9. The molecule has 1 heterocycles. The van der Waals surface area contributed by atoms with Gasteiger partial charge in [0.25, 0.3) is 5.91 Å². The minimum Gasteiger partial charge on any atom is -0.461 e. The summed E-state index contributed by atoms with van der Waals surface area (Å²) < 4.78 is 17.8. The monoisotopic (exact) mass is 354 g/mol. The lowest BCUT2D eigenvalue weighted by molar-refractivity contribution is -0.131. The normalized spacial score (nSPS) is 11.0. The van der Waals surface area contributed by atoms with Gasteiger partial charge in [-0.2, -0.15) is 0 Å². The lowest BCUT2D eigenvalue weighted by Gasteiger charge is -2.17. The molecule has 0 atom stereocenters. The van der Waals surface area contributed by atoms with Crippen molar-refractivity contribution in [1.29, 1.82) is 0 Å². The highest BCUT2D eigenvalue weighted by Gasteiger charge is 2.26. The molecule has 1 rings (SSSR count). The molecule has 1 aromatic rings. The molecule has 0 fully saturated rings. The van der Waals surface area contributed by atoms with Crippen LogP contribution in [-0.2, 0) is 20.8 Å². The fourth-order valence-electron chi connectivity index (χ4n) is 2.89. The van der Waals surface area contributed by atoms with E-state index in [0.717, 1.165) is 5.69 Å². The van der Waals surface area contributed by atoms with Crippen molar-refractivity contribution < 1.29 is 23.8 Å². The largest absolute Gasteiger partial charge is 0.461 e. The standard InChI is InChI=1S/C18H30N2O5/c1-7-20-13(6)15(12(5)16(20)18(22)25-10-4)17(21)19-11-14(23-8-2)24-9-3/h14H,7-11H2,1-6H3,(H,19,21). The highest BCUT2D eigenvalue weighted by Crippen LogP contribution is 2.23. The zero-order chi connectivity index (χ0) is 19.0. The molecule has 25 heavy (non-hydrogen) atoms. The quantitative estimate of drug-likeness (QED) is 0.516. The minimum atomic E-state index is -0.489. The summed E-state index contributed by atoms with van der Waals surface area (Å²) in [5.74, 6) is -0.664. The van der Waals surface area contributed by atoms with Crippen molar-refractivity contribution >= 4 is 11.9 Å². The molecule has 0 saturated carbocycles. The van der Waals surface area contributed by atoms with Gasteiger partial charge < -0.3 is 24.1 Å². The van der Waals surface area contributed by atoms with E-state index in [1.807, 2.05) is 32.3 Å². The van der Waals surface area contributed by atoms with Gasteiger partial charge in [0.2, 0.25) is 0 Å². The van der Waals surface area contributed by atoms with E-state index in [4.69, 9.17) is 14.2 Å². The summed E-state index contributed by atoms with van der Waals surface area (Å²) >= 11 is 0. The minimum absolute atomic E-state index is 0.242. The molecule has 1 aromatic heterocycles. The van der Waals surface area contributed by atoms with Crippen LogP contribution in [-0.4, -0.2) is 49.1 Å². The molecule has 0 bridgehead atoms. The van der Waals surface area contributed by atoms with Crippen LogP contribution in [0.25, 0.3) is 0 Å². The van der Waals surface area contributed by atoms with Gasteiger partial charge in [0.05, 0.1) is 18.7 Å². The summed E-state index contributed by atoms with van der Waals surface area (Å²) in [5, 5.41) is 2.83. The maximum Gasteiger partial charge on any atom is 0.355 e. The third-order valence-corrected chi connectivity index (χ3v) is 3.91. The van der Waals surface area contributed by atoms with Gasteiger partial charge in [-0.25, -0.2) is 4.79 Å². The predicted octanol–water partition coefficient (Wildman–Crippen LogP) is 2.43. The molecule has 0 saturated heterocycles. The summed E-state index contributed by atoms with van der Waals surface area (Å²) in [6, 6.07) is 0. The second-order valence-corrected chi connectivity index (χ2v) is 5.45. The van der Waals surface area contributed by atoms with Gasteiger partial charge in [-0.15, -0.1) is 0 Å². The fourth-order valence-corrected chi connectivity index (χ4v) is 2.89. The van der Waals surface area contributed by atoms with Crippen LogP contribution in [0, 0.1) is 13.8 Å². The van der Waals surface area contributed by atoms with E-state index in [2.05, 4.69) is 5.32 Å². The van der Waals surface area contributed by atoms with Crippen LogP contribution >= 0.6 is 0 Å². The van der Waals surface area contributed by atoms with E-state index in [1.165, 1.54) is 0 Å². The highest BCUT2D eigenvalue weighted by atomic mass is 16.7. The Bertz CT molecular complexity index is 589. The molecule has 0 spiro atoms. The molecule has 0 aliphatic rings. The second kappa shape index (κ2) is 10.2. The van der Waals surface area contributed by atoms with Crippen molar-refractivity contribution in [2.24, 2.45) is 0 Å². The van der Waals surface area contributed by atoms with Crippen LogP contribution < -0.4 is 5.32 Å². The number of aromatic nitrogens is 1. The number of esters is 1. The Morgan fingerprint density at radius 2 is 1.64 bits per heavy atom. The van der Waals surface area contributed by atoms with Gasteiger partial charge in [-0.05, 0) is 47.1 Å². The van der Waals surface area contributed by atoms with Gasteiger partial charge in [-0.1, -0.05) is 0 Å². The Morgan fingerprint density at radius 3 is 2.12 bits per heavy atom. The van der Waals surface area contributed by atoms with Gasteiger partial charge in [-0.3, -0.25) is 4.79 Å². The van der Waals surface area contributed by atoms with E-state index in [0.29, 0.717) is 36.6 Å². The van der Waals surface area contributed by atoms with Gasteiger partial charge >= 0.3 is 5.97 Å². The fraction of sp³-hybridized carbons (Fsp3) is 0.667. The Hall–Kier alpha value is -1.86. The molecule has 1 N–H and O–H groups in total. The van der Waals surface area contributed by atoms with Gasteiger partial charge in [0, 0.05) is 25.5 Å². The van der Waals surface area contributed by atoms with Crippen molar-refractivity contribution in [2.45, 2.75) is 54.4 Å². The van der Waals surface area contributed by atoms with Crippen LogP contribution in [0.3, 0.4) is 0 Å². The lowest BCUT2D eigenvalue weighted by atomic mass is 10.1. The Labute approximate surface area is 149 Å². The summed E-state index contributed by atoms with van der Waals surface area (Å²) in [6.07, 6.45) is -0.489. The zero-order valence-electron chi connectivity index (χ0n) is 16.1. The molecule has 7 heteroatoms. The summed E-state index contributed by atoms with van der Waals surface area (Å²) in [7, 11) is 0. The predicted molar refractivity (Wildman–Crippen MR) is 94.9 cm³/mol. The Balaban J connectivity index is 3.04. The number of hydrogen-bond donors (Lipinski definition) is 1. The topological polar surface area (TPSA) is 78.8 Å². The molecule has 0 unspecified atom stereocenters. The number of nitrogens with zero attached hydrogens (tertiary/aromatic N) is 1. The maximum atomic E-state index is 12.7. The summed E-state index contributed by atoms with van der Waals surface area (Å²) in [6.45, 7) is 13.1. The Morgan fingerprint density at radius 1 is 1.04 bits per heavy atom. The van der Waals surface area contributed by atoms with E-state index in [-0.39, 0.29) is 19.1 Å². The maximum absolute atomic E-state index is 12.7. The third kappa shape index (κ3) is 5.06. The van der Waals surface area contributed by atoms with Crippen LogP contribution in [0.2, 0.25) is 0 Å². The van der Waals surface area contributed by atoms with E-state index >= 15 is 0 Å². The molecule has 1 amide bonds. The van der Waals surface area contributed by atoms with Crippen molar-refractivity contribution in [3.05, 3.63) is 22.5 Å². The summed E-state index contributed by atoms with van der Waals surface area (Å²) in [5.41, 5.74) is 2.29. The number of carbonyl (C=O) groups is 2. The van der Waals surface area contributed by atoms with Gasteiger partial charge in [0.1, 0.15) is 5.69 Å². The van der Waals surface area contributed by atoms with Crippen molar-refractivity contribution in [2.75, 3.05) is 26.4 Å². The van der Waals surface area contributed by atoms with E-state index in [1.54, 1.807) is 13.8 Å². The lowest BCUT2D eigenvalue weighted by Crippen LogP contribution is -2.35. The molecule has 0 aliphatic heterocycles. The van der Waals surface area contributed by atoms with Crippen molar-refractivity contribution in [3.8, 4) is 0 Å². The van der Waals surface area contributed by atoms with Crippen LogP contribution in [0.1, 0.15) is 59.8 Å². The number of rotatable bonds is 10. The van der Waals surface area contributed by atoms with E-state index in [9.17, 15) is 9.59 Å². The first-order chi connectivity index (χ1) is 11.9. The molecule has 0 radical (unpaired) electrons. The number of amides is 1. The first kappa shape index (κ1) is 21.2. The van der Waals surface area contributed by atoms with E-state index < -0.39 is 12.3 Å². The highest BCUT2D eigenvalue weighted by molar-refractivity contribution is 6.01. The number of nitrogens with one attached hydrogen (secondary N) is 1. The molecular weight excluding hydrogens is 324 g/mol. The third-order valence-electron chi connectivity index (χ3n) is 3.91. The average molecular weight is 354 g/mol. The number of hydrogen-bond acceptors (Lipinski definition) is 5. The molecule has 0 aliphatic carbocycles. The van der Waals surface area contributed by atoms with Crippen molar-refractivity contribution in [3.63, 3.8) is 0 Å². The number of ether oxygens (including phenoxy) is 3. The molecule has 0 aromatic carbocycles. The average Bonchev–Trinajstić information content (AvgIpc) is 2.83. The first-order valence-electron chi connectivity index (χ1n) is 8.80. The van der Waals surface area contributed by atoms with Crippen LogP contribution in [0.4, 0.5) is 0 Å². The van der Waals surface area contributed by atoms with Gasteiger partial charge in [0.15, 0.2) is 6.29 Å². The van der Waals surface area contributed by atoms with Crippen LogP contribution in [0.15, 0.2) is 0 Å². The molecule has 7 nitrogen and oxygen atoms in total. The first-order valence-corrected chi connectivity index (χ1v) is 8.80. The number of carbonyl (C=O) groups excluding carboxylic acids is 2. The Kier molecular flexibility index (Phi) is 8.65. The molecular formula is C18H30N2O5. The van der Waals surface area contributed by atoms with Crippen LogP contribution in [0.5, 0.6) is 0 Å². The zero-order valence-corrected chi connectivity index (χ0v) is 16.1. The SMILES string of the molecule is CCOC(=O)c1c(C)c(C(=O)NCC(OCC)OCC)c(C)n1CC. The smallest absolute Gasteiger partial charge is 0.355 e. The molecule has 142 valence electrons. The van der Waals surface area contributed by atoms with Crippen molar-refractivity contribution in [1.82, 2.24) is 9.88 Å².